The fourth-order valence-electron chi connectivity index (χ4n) is 6.45. The van der Waals surface area contributed by atoms with Crippen LogP contribution in [-0.4, -0.2) is 19.4 Å². The van der Waals surface area contributed by atoms with E-state index in [0.717, 1.165) is 36.2 Å². The number of hydrogen-bond acceptors (Lipinski definition) is 4. The Morgan fingerprint density at radius 1 is 0.348 bits per heavy atom. The van der Waals surface area contributed by atoms with Crippen LogP contribution >= 0.6 is 22.7 Å². The van der Waals surface area contributed by atoms with Crippen molar-refractivity contribution < 1.29 is 118 Å². The second-order valence-corrected chi connectivity index (χ2v) is 19.8. The molecular weight excluding hydrogens is 1090 g/mol. The third-order valence-corrected chi connectivity index (χ3v) is 15.2. The molecule has 0 radical (unpaired) electrons. The fraction of sp³-hybridized carbons (Fsp3) is 0.200. The Labute approximate surface area is 377 Å². The number of ether oxygens (including phenoxy) is 2. The van der Waals surface area contributed by atoms with Crippen LogP contribution in [0.1, 0.15) is 39.5 Å². The molecule has 0 spiro atoms. The highest BCUT2D eigenvalue weighted by atomic mass is 127. The first-order chi connectivity index (χ1) is 31.0. The van der Waals surface area contributed by atoms with Crippen molar-refractivity contribution >= 4 is 50.7 Å². The van der Waals surface area contributed by atoms with Crippen molar-refractivity contribution in [2.45, 2.75) is 39.5 Å². The summed E-state index contributed by atoms with van der Waals surface area (Å²) in [7, 11) is 0. The molecule has 66 heavy (non-hydrogen) atoms. The Hall–Kier alpha value is -4.73. The van der Waals surface area contributed by atoms with Crippen LogP contribution < -0.4 is 52.5 Å². The SMILES string of the molecule is CCCCOc1ccc([I+]c2ccc(OCCCC)s2)s1.Fc1c(F)c(F)c([B-](c2c(F)c(F)c(F)c(F)c2F)(c2c(F)c(F)c(F)c(F)c2F)c2c(F)c(F)c(F)c(F)c2F)c(F)c1F. The van der Waals surface area contributed by atoms with Gasteiger partial charge in [-0.05, 0) is 25.0 Å². The lowest BCUT2D eigenvalue weighted by molar-refractivity contribution is -0.585. The maximum absolute atomic E-state index is 15.4. The van der Waals surface area contributed by atoms with Crippen LogP contribution in [0.15, 0.2) is 24.3 Å². The van der Waals surface area contributed by atoms with Crippen LogP contribution in [0, 0.1) is 122 Å². The summed E-state index contributed by atoms with van der Waals surface area (Å²) in [4.78, 5) is 0. The minimum atomic E-state index is -7.22. The molecule has 0 saturated carbocycles. The number of unbranched alkanes of at least 4 members (excludes halogenated alkanes) is 2. The molecule has 2 nitrogen and oxygen atoms in total. The Morgan fingerprint density at radius 3 is 0.773 bits per heavy atom. The quantitative estimate of drug-likeness (QED) is 0.0274. The predicted octanol–water partition coefficient (Wildman–Crippen LogP) is 8.14. The highest BCUT2D eigenvalue weighted by molar-refractivity contribution is 7.20. The minimum Gasteiger partial charge on any atom is -0.484 e. The van der Waals surface area contributed by atoms with E-state index in [1.165, 1.54) is 18.6 Å². The topological polar surface area (TPSA) is 18.5 Å². The Bertz CT molecular complexity index is 2370. The van der Waals surface area contributed by atoms with Gasteiger partial charge in [0.25, 0.3) is 5.77 Å². The van der Waals surface area contributed by atoms with Crippen molar-refractivity contribution in [3.8, 4) is 10.1 Å². The van der Waals surface area contributed by atoms with E-state index >= 15 is 35.1 Å². The van der Waals surface area contributed by atoms with E-state index in [-0.39, 0.29) is 21.2 Å². The van der Waals surface area contributed by atoms with E-state index in [1.54, 1.807) is 22.7 Å². The fourth-order valence-corrected chi connectivity index (χ4v) is 12.4. The van der Waals surface area contributed by atoms with Crippen molar-refractivity contribution in [1.82, 2.24) is 0 Å². The van der Waals surface area contributed by atoms with Crippen molar-refractivity contribution in [2.75, 3.05) is 13.2 Å². The van der Waals surface area contributed by atoms with Crippen molar-refractivity contribution in [2.24, 2.45) is 0 Å². The lowest BCUT2D eigenvalue weighted by Gasteiger charge is -2.44. The molecule has 0 atom stereocenters. The second kappa shape index (κ2) is 21.1. The van der Waals surface area contributed by atoms with E-state index < -0.39 is 144 Å². The first-order valence-corrected chi connectivity index (χ1v) is 22.1. The van der Waals surface area contributed by atoms with E-state index in [2.05, 4.69) is 38.1 Å². The second-order valence-electron chi connectivity index (χ2n) is 13.4. The molecule has 0 N–H and O–H groups in total. The van der Waals surface area contributed by atoms with E-state index in [4.69, 9.17) is 9.47 Å². The van der Waals surface area contributed by atoms with Crippen LogP contribution in [0.2, 0.25) is 0 Å². The Balaban J connectivity index is 0.000000324. The van der Waals surface area contributed by atoms with Crippen LogP contribution in [-0.2, 0) is 0 Å². The molecule has 0 saturated heterocycles. The standard InChI is InChI=1S/C24BF20.C16H22IO2S2/c26-5-1(6(27)14(35)21(42)13(5)34)25(2-7(28)15(36)22(43)16(37)8(2)29,3-9(30)17(38)23(44)18(39)10(3)31)4-11(32)19(40)24(45)20(41)12(4)33;1-3-5-11-18-15-9-7-13(20-15)17-14-8-10-16(21-14)19-12-6-4-2/h;7-10H,3-6,11-12H2,1-2H3/q-1;+1. The van der Waals surface area contributed by atoms with Crippen molar-refractivity contribution in [3.63, 3.8) is 0 Å². The van der Waals surface area contributed by atoms with Gasteiger partial charge in [0.2, 0.25) is 0 Å². The predicted molar refractivity (Wildman–Crippen MR) is 196 cm³/mol. The Kier molecular flexibility index (Phi) is 16.7. The number of benzene rings is 4. The highest BCUT2D eigenvalue weighted by Gasteiger charge is 2.52. The lowest BCUT2D eigenvalue weighted by atomic mass is 9.12. The maximum atomic E-state index is 15.4. The summed E-state index contributed by atoms with van der Waals surface area (Å²) in [5.74, 6) is -71.4. The average molecular weight is 1120 g/mol. The zero-order valence-corrected chi connectivity index (χ0v) is 36.5. The van der Waals surface area contributed by atoms with Gasteiger partial charge in [-0.25, -0.2) is 87.8 Å². The maximum Gasteiger partial charge on any atom is 0.381 e. The van der Waals surface area contributed by atoms with Gasteiger partial charge in [-0.1, -0.05) is 49.4 Å². The summed E-state index contributed by atoms with van der Waals surface area (Å²) >= 11 is 3.51. The van der Waals surface area contributed by atoms with Crippen LogP contribution in [0.5, 0.6) is 10.1 Å². The van der Waals surface area contributed by atoms with Gasteiger partial charge in [-0.2, -0.15) is 0 Å². The van der Waals surface area contributed by atoms with Gasteiger partial charge in [0.1, 0.15) is 52.7 Å². The molecular formula is C40H22BF20IO2S2. The molecule has 0 amide bonds. The average Bonchev–Trinajstić information content (AvgIpc) is 3.95. The summed E-state index contributed by atoms with van der Waals surface area (Å²) in [5.41, 5.74) is -14.3. The number of hydrogen-bond donors (Lipinski definition) is 0. The molecule has 0 unspecified atom stereocenters. The summed E-state index contributed by atoms with van der Waals surface area (Å²) < 4.78 is 308. The molecule has 26 heteroatoms. The van der Waals surface area contributed by atoms with Gasteiger partial charge in [0.15, 0.2) is 79.9 Å². The van der Waals surface area contributed by atoms with E-state index in [1.807, 2.05) is 0 Å². The summed E-state index contributed by atoms with van der Waals surface area (Å²) in [5, 5.41) is 2.13. The molecule has 0 aliphatic heterocycles. The normalized spacial score (nSPS) is 11.6. The largest absolute Gasteiger partial charge is 0.484 e. The zero-order chi connectivity index (χ0) is 49.3. The first-order valence-electron chi connectivity index (χ1n) is 18.3. The summed E-state index contributed by atoms with van der Waals surface area (Å²) in [6, 6.07) is 8.66. The molecule has 0 fully saturated rings. The van der Waals surface area contributed by atoms with Gasteiger partial charge >= 0.3 is 21.2 Å². The zero-order valence-electron chi connectivity index (χ0n) is 32.7. The molecule has 6 aromatic rings. The first kappa shape index (κ1) is 52.2. The van der Waals surface area contributed by atoms with Crippen LogP contribution in [0.3, 0.4) is 0 Å². The van der Waals surface area contributed by atoms with E-state index in [0.29, 0.717) is 0 Å². The minimum absolute atomic E-state index is 0.0920. The van der Waals surface area contributed by atoms with Gasteiger partial charge in [-0.15, -0.1) is 21.9 Å². The van der Waals surface area contributed by atoms with Crippen LogP contribution in [0.25, 0.3) is 0 Å². The Morgan fingerprint density at radius 2 is 0.561 bits per heavy atom. The van der Waals surface area contributed by atoms with Crippen LogP contribution in [0.4, 0.5) is 87.8 Å². The van der Waals surface area contributed by atoms with Gasteiger partial charge in [0.05, 0.1) is 13.2 Å². The van der Waals surface area contributed by atoms with E-state index in [9.17, 15) is 52.7 Å². The molecule has 356 valence electrons. The molecule has 0 aliphatic rings. The highest BCUT2D eigenvalue weighted by Crippen LogP contribution is 2.31. The number of rotatable bonds is 14. The third-order valence-electron chi connectivity index (χ3n) is 9.47. The summed E-state index contributed by atoms with van der Waals surface area (Å²) in [6.07, 6.45) is -2.59. The molecule has 0 bridgehead atoms. The molecule has 6 rings (SSSR count). The molecule has 2 heterocycles. The van der Waals surface area contributed by atoms with Gasteiger partial charge in [-0.3, -0.25) is 0 Å². The van der Waals surface area contributed by atoms with Gasteiger partial charge in [0, 0.05) is 12.1 Å². The number of thiophene rings is 2. The van der Waals surface area contributed by atoms with Crippen molar-refractivity contribution in [1.29, 1.82) is 0 Å². The molecule has 0 aliphatic carbocycles. The molecule has 2 aromatic heterocycles. The lowest BCUT2D eigenvalue weighted by Crippen LogP contribution is -3.61. The third kappa shape index (κ3) is 9.28. The molecule has 4 aromatic carbocycles. The summed E-state index contributed by atoms with van der Waals surface area (Å²) in [6.45, 7) is 6.05. The monoisotopic (exact) mass is 1120 g/mol. The van der Waals surface area contributed by atoms with Crippen molar-refractivity contribution in [3.05, 3.63) is 146 Å². The number of halogens is 21. The van der Waals surface area contributed by atoms with Gasteiger partial charge < -0.3 is 9.47 Å². The smallest absolute Gasteiger partial charge is 0.381 e.